The quantitative estimate of drug-likeness (QED) is 0.703. The fourth-order valence-corrected chi connectivity index (χ4v) is 2.55. The summed E-state index contributed by atoms with van der Waals surface area (Å²) in [6.07, 6.45) is 3.37. The van der Waals surface area contributed by atoms with Crippen molar-refractivity contribution in [1.29, 1.82) is 0 Å². The van der Waals surface area contributed by atoms with E-state index in [2.05, 4.69) is 6.92 Å². The van der Waals surface area contributed by atoms with Gasteiger partial charge in [0.05, 0.1) is 19.5 Å². The molecule has 1 aromatic carbocycles. The average molecular weight is 315 g/mol. The van der Waals surface area contributed by atoms with E-state index in [-0.39, 0.29) is 11.8 Å². The highest BCUT2D eigenvalue weighted by Gasteiger charge is 2.09. The van der Waals surface area contributed by atoms with Gasteiger partial charge in [-0.05, 0) is 37.0 Å². The topological polar surface area (TPSA) is 78.6 Å². The summed E-state index contributed by atoms with van der Waals surface area (Å²) in [5, 5.41) is 0. The molecular formula is C15H25NO4S. The minimum absolute atomic E-state index is 0.121. The van der Waals surface area contributed by atoms with E-state index in [9.17, 15) is 8.42 Å². The summed E-state index contributed by atoms with van der Waals surface area (Å²) in [4.78, 5) is 0. The smallest absolute Gasteiger partial charge is 0.161 e. The molecule has 0 aliphatic carbocycles. The van der Waals surface area contributed by atoms with Crippen LogP contribution in [-0.2, 0) is 16.3 Å². The first-order valence-corrected chi connectivity index (χ1v) is 9.14. The van der Waals surface area contributed by atoms with Crippen LogP contribution in [0.2, 0.25) is 0 Å². The maximum atomic E-state index is 11.1. The van der Waals surface area contributed by atoms with Crippen molar-refractivity contribution in [2.75, 3.05) is 25.7 Å². The number of nitrogens with two attached hydrogens (primary N) is 1. The highest BCUT2D eigenvalue weighted by atomic mass is 32.2. The van der Waals surface area contributed by atoms with E-state index in [1.807, 2.05) is 18.2 Å². The lowest BCUT2D eigenvalue weighted by atomic mass is 10.0. The summed E-state index contributed by atoms with van der Waals surface area (Å²) in [6, 6.07) is 5.85. The van der Waals surface area contributed by atoms with Gasteiger partial charge in [-0.2, -0.15) is 0 Å². The Morgan fingerprint density at radius 1 is 1.29 bits per heavy atom. The molecule has 2 N–H and O–H groups in total. The standard InChI is InChI=1S/C15H25NO4S/c1-4-13(16)10-12-6-7-14(19-2)15(11-12)20-8-5-9-21(3,17)18/h6-7,11,13H,4-5,8-10,16H2,1-3H3. The molecule has 0 saturated carbocycles. The van der Waals surface area contributed by atoms with Crippen LogP contribution in [0.3, 0.4) is 0 Å². The van der Waals surface area contributed by atoms with Gasteiger partial charge in [-0.3, -0.25) is 0 Å². The van der Waals surface area contributed by atoms with Crippen LogP contribution in [0.15, 0.2) is 18.2 Å². The fourth-order valence-electron chi connectivity index (χ4n) is 1.91. The van der Waals surface area contributed by atoms with E-state index < -0.39 is 9.84 Å². The minimum atomic E-state index is -2.95. The van der Waals surface area contributed by atoms with Crippen molar-refractivity contribution in [3.05, 3.63) is 23.8 Å². The largest absolute Gasteiger partial charge is 0.493 e. The minimum Gasteiger partial charge on any atom is -0.493 e. The van der Waals surface area contributed by atoms with Gasteiger partial charge in [0.2, 0.25) is 0 Å². The lowest BCUT2D eigenvalue weighted by molar-refractivity contribution is 0.294. The Balaban J connectivity index is 2.67. The predicted molar refractivity (Wildman–Crippen MR) is 84.8 cm³/mol. The van der Waals surface area contributed by atoms with Crippen molar-refractivity contribution in [2.24, 2.45) is 5.73 Å². The lowest BCUT2D eigenvalue weighted by Gasteiger charge is -2.14. The second-order valence-electron chi connectivity index (χ2n) is 5.19. The molecule has 1 aromatic rings. The van der Waals surface area contributed by atoms with Crippen molar-refractivity contribution in [3.63, 3.8) is 0 Å². The molecule has 0 saturated heterocycles. The summed E-state index contributed by atoms with van der Waals surface area (Å²) in [5.74, 6) is 1.39. The van der Waals surface area contributed by atoms with Crippen LogP contribution in [0.25, 0.3) is 0 Å². The first-order valence-electron chi connectivity index (χ1n) is 7.08. The molecule has 0 heterocycles. The van der Waals surface area contributed by atoms with Crippen LogP contribution in [0.4, 0.5) is 0 Å². The molecule has 0 bridgehead atoms. The lowest BCUT2D eigenvalue weighted by Crippen LogP contribution is -2.21. The van der Waals surface area contributed by atoms with E-state index in [4.69, 9.17) is 15.2 Å². The van der Waals surface area contributed by atoms with E-state index in [0.29, 0.717) is 24.5 Å². The molecule has 120 valence electrons. The van der Waals surface area contributed by atoms with Gasteiger partial charge in [-0.15, -0.1) is 0 Å². The van der Waals surface area contributed by atoms with Gasteiger partial charge in [-0.25, -0.2) is 8.42 Å². The second kappa shape index (κ2) is 8.24. The summed E-state index contributed by atoms with van der Waals surface area (Å²) >= 11 is 0. The van der Waals surface area contributed by atoms with E-state index >= 15 is 0 Å². The van der Waals surface area contributed by atoms with Crippen molar-refractivity contribution in [3.8, 4) is 11.5 Å². The average Bonchev–Trinajstić information content (AvgIpc) is 2.42. The fraction of sp³-hybridized carbons (Fsp3) is 0.600. The number of benzene rings is 1. The molecule has 1 atom stereocenters. The van der Waals surface area contributed by atoms with E-state index in [1.54, 1.807) is 7.11 Å². The molecule has 0 radical (unpaired) electrons. The third kappa shape index (κ3) is 6.82. The predicted octanol–water partition coefficient (Wildman–Crippen LogP) is 1.79. The normalized spacial score (nSPS) is 13.0. The molecule has 0 aromatic heterocycles. The monoisotopic (exact) mass is 315 g/mol. The van der Waals surface area contributed by atoms with Crippen LogP contribution in [-0.4, -0.2) is 40.2 Å². The van der Waals surface area contributed by atoms with Crippen molar-refractivity contribution >= 4 is 9.84 Å². The maximum Gasteiger partial charge on any atom is 0.161 e. The Morgan fingerprint density at radius 3 is 2.57 bits per heavy atom. The third-order valence-electron chi connectivity index (χ3n) is 3.17. The highest BCUT2D eigenvalue weighted by molar-refractivity contribution is 7.90. The van der Waals surface area contributed by atoms with Crippen LogP contribution < -0.4 is 15.2 Å². The van der Waals surface area contributed by atoms with Crippen LogP contribution in [0.5, 0.6) is 11.5 Å². The molecule has 1 rings (SSSR count). The Hall–Kier alpha value is -1.27. The first kappa shape index (κ1) is 17.8. The number of hydrogen-bond acceptors (Lipinski definition) is 5. The molecule has 0 fully saturated rings. The van der Waals surface area contributed by atoms with Gasteiger partial charge >= 0.3 is 0 Å². The molecule has 0 aliphatic rings. The first-order chi connectivity index (χ1) is 9.85. The Kier molecular flexibility index (Phi) is 6.98. The Labute approximate surface area is 127 Å². The zero-order chi connectivity index (χ0) is 15.9. The number of rotatable bonds is 9. The Bertz CT molecular complexity index is 543. The second-order valence-corrected chi connectivity index (χ2v) is 7.45. The maximum absolute atomic E-state index is 11.1. The zero-order valence-corrected chi connectivity index (χ0v) is 13.8. The van der Waals surface area contributed by atoms with Crippen LogP contribution >= 0.6 is 0 Å². The van der Waals surface area contributed by atoms with E-state index in [1.165, 1.54) is 6.26 Å². The summed E-state index contributed by atoms with van der Waals surface area (Å²) < 4.78 is 33.1. The molecular weight excluding hydrogens is 290 g/mol. The highest BCUT2D eigenvalue weighted by Crippen LogP contribution is 2.28. The number of sulfone groups is 1. The Morgan fingerprint density at radius 2 is 2.00 bits per heavy atom. The van der Waals surface area contributed by atoms with Crippen molar-refractivity contribution in [1.82, 2.24) is 0 Å². The molecule has 1 unspecified atom stereocenters. The van der Waals surface area contributed by atoms with Gasteiger partial charge in [-0.1, -0.05) is 13.0 Å². The van der Waals surface area contributed by atoms with Gasteiger partial charge in [0.25, 0.3) is 0 Å². The van der Waals surface area contributed by atoms with E-state index in [0.717, 1.165) is 18.4 Å². The summed E-state index contributed by atoms with van der Waals surface area (Å²) in [6.45, 7) is 2.39. The van der Waals surface area contributed by atoms with Gasteiger partial charge in [0.15, 0.2) is 11.5 Å². The summed E-state index contributed by atoms with van der Waals surface area (Å²) in [7, 11) is -1.37. The molecule has 0 aliphatic heterocycles. The van der Waals surface area contributed by atoms with Crippen molar-refractivity contribution < 1.29 is 17.9 Å². The van der Waals surface area contributed by atoms with Gasteiger partial charge in [0.1, 0.15) is 9.84 Å². The molecule has 21 heavy (non-hydrogen) atoms. The van der Waals surface area contributed by atoms with Gasteiger partial charge < -0.3 is 15.2 Å². The zero-order valence-electron chi connectivity index (χ0n) is 13.0. The molecule has 0 spiro atoms. The van der Waals surface area contributed by atoms with Crippen molar-refractivity contribution in [2.45, 2.75) is 32.2 Å². The number of hydrogen-bond donors (Lipinski definition) is 1. The number of ether oxygens (including phenoxy) is 2. The van der Waals surface area contributed by atoms with Crippen LogP contribution in [0.1, 0.15) is 25.3 Å². The number of methoxy groups -OCH3 is 1. The molecule has 5 nitrogen and oxygen atoms in total. The molecule has 6 heteroatoms. The third-order valence-corrected chi connectivity index (χ3v) is 4.20. The SMILES string of the molecule is CCC(N)Cc1ccc(OC)c(OCCCS(C)(=O)=O)c1. The molecule has 0 amide bonds. The summed E-state index contributed by atoms with van der Waals surface area (Å²) in [5.41, 5.74) is 7.04. The van der Waals surface area contributed by atoms with Crippen LogP contribution in [0, 0.1) is 0 Å². The van der Waals surface area contributed by atoms with Gasteiger partial charge in [0, 0.05) is 12.3 Å².